The number of benzene rings is 1. The van der Waals surface area contributed by atoms with Crippen LogP contribution in [-0.2, 0) is 11.4 Å². The van der Waals surface area contributed by atoms with Crippen LogP contribution in [0.25, 0.3) is 10.1 Å². The highest BCUT2D eigenvalue weighted by Crippen LogP contribution is 2.33. The van der Waals surface area contributed by atoms with Gasteiger partial charge in [0.2, 0.25) is 0 Å². The SMILES string of the molecule is Clc1cc2c3c(ccc2s1)C=NOC3. The lowest BCUT2D eigenvalue weighted by Gasteiger charge is -2.10. The van der Waals surface area contributed by atoms with Crippen molar-refractivity contribution in [1.82, 2.24) is 0 Å². The second-order valence-electron chi connectivity index (χ2n) is 3.10. The molecule has 1 aromatic carbocycles. The van der Waals surface area contributed by atoms with Crippen LogP contribution in [0.3, 0.4) is 0 Å². The predicted molar refractivity (Wildman–Crippen MR) is 59.2 cm³/mol. The molecule has 2 aromatic rings. The van der Waals surface area contributed by atoms with Crippen LogP contribution in [-0.4, -0.2) is 6.21 Å². The van der Waals surface area contributed by atoms with Gasteiger partial charge in [0, 0.05) is 21.2 Å². The van der Waals surface area contributed by atoms with E-state index in [1.807, 2.05) is 6.07 Å². The largest absolute Gasteiger partial charge is 0.391 e. The van der Waals surface area contributed by atoms with Gasteiger partial charge in [-0.2, -0.15) is 0 Å². The molecular weight excluding hydrogens is 218 g/mol. The van der Waals surface area contributed by atoms with Gasteiger partial charge in [0.25, 0.3) is 0 Å². The van der Waals surface area contributed by atoms with E-state index in [1.54, 1.807) is 17.6 Å². The van der Waals surface area contributed by atoms with E-state index in [0.29, 0.717) is 6.61 Å². The topological polar surface area (TPSA) is 21.6 Å². The van der Waals surface area contributed by atoms with Crippen molar-refractivity contribution in [3.8, 4) is 0 Å². The summed E-state index contributed by atoms with van der Waals surface area (Å²) < 4.78 is 2.02. The molecule has 0 atom stereocenters. The van der Waals surface area contributed by atoms with Crippen molar-refractivity contribution in [2.24, 2.45) is 5.16 Å². The third kappa shape index (κ3) is 1.13. The molecule has 70 valence electrons. The Kier molecular flexibility index (Phi) is 1.75. The van der Waals surface area contributed by atoms with Crippen LogP contribution < -0.4 is 0 Å². The van der Waals surface area contributed by atoms with Crippen molar-refractivity contribution in [3.05, 3.63) is 33.7 Å². The summed E-state index contributed by atoms with van der Waals surface area (Å²) in [4.78, 5) is 5.04. The van der Waals surface area contributed by atoms with Crippen molar-refractivity contribution < 1.29 is 4.84 Å². The molecule has 0 bridgehead atoms. The van der Waals surface area contributed by atoms with Gasteiger partial charge < -0.3 is 4.84 Å². The molecule has 2 nitrogen and oxygen atoms in total. The molecule has 2 heterocycles. The third-order valence-corrected chi connectivity index (χ3v) is 3.52. The maximum atomic E-state index is 5.97. The predicted octanol–water partition coefficient (Wildman–Crippen LogP) is 3.42. The van der Waals surface area contributed by atoms with Crippen molar-refractivity contribution >= 4 is 39.2 Å². The third-order valence-electron chi connectivity index (χ3n) is 2.29. The Morgan fingerprint density at radius 3 is 3.29 bits per heavy atom. The van der Waals surface area contributed by atoms with Gasteiger partial charge in [0.15, 0.2) is 0 Å². The van der Waals surface area contributed by atoms with E-state index in [9.17, 15) is 0 Å². The Hall–Kier alpha value is -1.06. The van der Waals surface area contributed by atoms with Crippen LogP contribution in [0.4, 0.5) is 0 Å². The van der Waals surface area contributed by atoms with Gasteiger partial charge in [0.1, 0.15) is 6.61 Å². The molecule has 0 amide bonds. The molecule has 1 aliphatic rings. The maximum absolute atomic E-state index is 5.97. The van der Waals surface area contributed by atoms with Crippen LogP contribution in [0.5, 0.6) is 0 Å². The average Bonchev–Trinajstić information content (AvgIpc) is 2.59. The zero-order chi connectivity index (χ0) is 9.54. The minimum Gasteiger partial charge on any atom is -0.391 e. The highest BCUT2D eigenvalue weighted by atomic mass is 35.5. The second-order valence-corrected chi connectivity index (χ2v) is 4.82. The summed E-state index contributed by atoms with van der Waals surface area (Å²) in [6, 6.07) is 6.11. The maximum Gasteiger partial charge on any atom is 0.143 e. The standard InChI is InChI=1S/C10H6ClNOS/c11-10-3-7-8-5-13-12-4-6(8)1-2-9(7)14-10/h1-4H,5H2. The van der Waals surface area contributed by atoms with Gasteiger partial charge in [-0.3, -0.25) is 0 Å². The van der Waals surface area contributed by atoms with E-state index in [1.165, 1.54) is 15.6 Å². The van der Waals surface area contributed by atoms with Crippen molar-refractivity contribution in [2.75, 3.05) is 0 Å². The van der Waals surface area contributed by atoms with Gasteiger partial charge in [-0.15, -0.1) is 11.3 Å². The molecule has 0 spiro atoms. The highest BCUT2D eigenvalue weighted by Gasteiger charge is 2.12. The average molecular weight is 224 g/mol. The van der Waals surface area contributed by atoms with Crippen LogP contribution in [0.1, 0.15) is 11.1 Å². The van der Waals surface area contributed by atoms with E-state index < -0.39 is 0 Å². The Balaban J connectivity index is 2.40. The molecule has 0 N–H and O–H groups in total. The van der Waals surface area contributed by atoms with E-state index in [0.717, 1.165) is 9.90 Å². The number of fused-ring (bicyclic) bond motifs is 3. The van der Waals surface area contributed by atoms with E-state index in [2.05, 4.69) is 17.3 Å². The number of oxime groups is 1. The molecule has 3 rings (SSSR count). The normalized spacial score (nSPS) is 14.1. The van der Waals surface area contributed by atoms with Crippen LogP contribution in [0.15, 0.2) is 23.4 Å². The number of hydrogen-bond donors (Lipinski definition) is 0. The fraction of sp³-hybridized carbons (Fsp3) is 0.100. The molecule has 14 heavy (non-hydrogen) atoms. The van der Waals surface area contributed by atoms with E-state index in [4.69, 9.17) is 16.4 Å². The number of nitrogens with zero attached hydrogens (tertiary/aromatic N) is 1. The molecule has 0 radical (unpaired) electrons. The first-order valence-corrected chi connectivity index (χ1v) is 5.40. The summed E-state index contributed by atoms with van der Waals surface area (Å²) in [5, 5.41) is 4.96. The molecule has 1 aromatic heterocycles. The van der Waals surface area contributed by atoms with Gasteiger partial charge in [-0.25, -0.2) is 0 Å². The Morgan fingerprint density at radius 2 is 2.36 bits per heavy atom. The van der Waals surface area contributed by atoms with Crippen molar-refractivity contribution in [3.63, 3.8) is 0 Å². The summed E-state index contributed by atoms with van der Waals surface area (Å²) in [5.74, 6) is 0. The fourth-order valence-electron chi connectivity index (χ4n) is 1.63. The van der Waals surface area contributed by atoms with Gasteiger partial charge >= 0.3 is 0 Å². The number of thiophene rings is 1. The zero-order valence-corrected chi connectivity index (χ0v) is 8.73. The number of halogens is 1. The van der Waals surface area contributed by atoms with Gasteiger partial charge in [-0.1, -0.05) is 22.8 Å². The first kappa shape index (κ1) is 8.26. The first-order chi connectivity index (χ1) is 6.84. The van der Waals surface area contributed by atoms with Crippen molar-refractivity contribution in [2.45, 2.75) is 6.61 Å². The number of rotatable bonds is 0. The Labute approximate surface area is 89.7 Å². The zero-order valence-electron chi connectivity index (χ0n) is 7.16. The first-order valence-electron chi connectivity index (χ1n) is 4.21. The molecule has 1 aliphatic heterocycles. The Bertz CT molecular complexity index is 532. The minimum absolute atomic E-state index is 0.538. The van der Waals surface area contributed by atoms with Crippen LogP contribution in [0, 0.1) is 0 Å². The van der Waals surface area contributed by atoms with Gasteiger partial charge in [-0.05, 0) is 12.1 Å². The summed E-state index contributed by atoms with van der Waals surface area (Å²) in [6.45, 7) is 0.538. The summed E-state index contributed by atoms with van der Waals surface area (Å²) in [7, 11) is 0. The van der Waals surface area contributed by atoms with Crippen LogP contribution in [0.2, 0.25) is 4.34 Å². The fourth-order valence-corrected chi connectivity index (χ4v) is 2.81. The quantitative estimate of drug-likeness (QED) is 0.671. The highest BCUT2D eigenvalue weighted by molar-refractivity contribution is 7.22. The van der Waals surface area contributed by atoms with Crippen LogP contribution >= 0.6 is 22.9 Å². The smallest absolute Gasteiger partial charge is 0.143 e. The molecule has 0 aliphatic carbocycles. The number of hydrogen-bond acceptors (Lipinski definition) is 3. The minimum atomic E-state index is 0.538. The molecule has 0 fully saturated rings. The summed E-state index contributed by atoms with van der Waals surface area (Å²) >= 11 is 7.56. The summed E-state index contributed by atoms with van der Waals surface area (Å²) in [5.41, 5.74) is 2.30. The lowest BCUT2D eigenvalue weighted by atomic mass is 10.0. The molecule has 0 saturated carbocycles. The van der Waals surface area contributed by atoms with Crippen molar-refractivity contribution in [1.29, 1.82) is 0 Å². The monoisotopic (exact) mass is 223 g/mol. The second kappa shape index (κ2) is 2.97. The summed E-state index contributed by atoms with van der Waals surface area (Å²) in [6.07, 6.45) is 1.74. The Morgan fingerprint density at radius 1 is 1.43 bits per heavy atom. The molecule has 4 heteroatoms. The molecular formula is C10H6ClNOS. The lowest BCUT2D eigenvalue weighted by molar-refractivity contribution is 0.129. The van der Waals surface area contributed by atoms with E-state index >= 15 is 0 Å². The van der Waals surface area contributed by atoms with E-state index in [-0.39, 0.29) is 0 Å². The molecule has 0 saturated heterocycles. The lowest BCUT2D eigenvalue weighted by Crippen LogP contribution is -2.00. The molecule has 0 unspecified atom stereocenters. The van der Waals surface area contributed by atoms with Gasteiger partial charge in [0.05, 0.1) is 10.6 Å².